The number of hydrogen-bond acceptors (Lipinski definition) is 5. The predicted molar refractivity (Wildman–Crippen MR) is 68.5 cm³/mol. The third-order valence-corrected chi connectivity index (χ3v) is 2.70. The molecule has 2 heterocycles. The number of nitrogens with one attached hydrogen (secondary N) is 1. The van der Waals surface area contributed by atoms with Gasteiger partial charge in [-0.15, -0.1) is 0 Å². The highest BCUT2D eigenvalue weighted by atomic mass is 15.3. The van der Waals surface area contributed by atoms with Crippen LogP contribution in [0.2, 0.25) is 0 Å². The Morgan fingerprint density at radius 1 is 1.50 bits per heavy atom. The minimum absolute atomic E-state index is 0.155. The van der Waals surface area contributed by atoms with Crippen LogP contribution in [0.4, 0.5) is 0 Å². The van der Waals surface area contributed by atoms with E-state index in [0.717, 1.165) is 30.0 Å². The van der Waals surface area contributed by atoms with Crippen LogP contribution in [0.5, 0.6) is 0 Å². The second-order valence-corrected chi connectivity index (χ2v) is 4.17. The van der Waals surface area contributed by atoms with Crippen molar-refractivity contribution in [2.75, 3.05) is 0 Å². The van der Waals surface area contributed by atoms with E-state index in [0.29, 0.717) is 0 Å². The van der Waals surface area contributed by atoms with Crippen molar-refractivity contribution >= 4 is 0 Å². The van der Waals surface area contributed by atoms with Crippen molar-refractivity contribution in [2.24, 2.45) is 5.84 Å². The topological polar surface area (TPSA) is 81.7 Å². The summed E-state index contributed by atoms with van der Waals surface area (Å²) >= 11 is 0. The minimum atomic E-state index is -0.155. The lowest BCUT2D eigenvalue weighted by atomic mass is 10.1. The van der Waals surface area contributed by atoms with Crippen molar-refractivity contribution in [1.29, 1.82) is 0 Å². The maximum absolute atomic E-state index is 5.62. The van der Waals surface area contributed by atoms with Gasteiger partial charge in [0.15, 0.2) is 0 Å². The first-order valence-electron chi connectivity index (χ1n) is 6.02. The van der Waals surface area contributed by atoms with E-state index in [2.05, 4.69) is 27.4 Å². The van der Waals surface area contributed by atoms with Crippen molar-refractivity contribution in [1.82, 2.24) is 25.2 Å². The molecule has 18 heavy (non-hydrogen) atoms. The number of aryl methyl sites for hydroxylation is 2. The normalized spacial score (nSPS) is 12.6. The summed E-state index contributed by atoms with van der Waals surface area (Å²) in [5.74, 6) is 6.35. The minimum Gasteiger partial charge on any atom is -0.272 e. The standard InChI is InChI=1S/C12H18N6/c1-3-6-18-8-10(7-15-18)12(17-13)11-4-5-14-9(2)16-11/h4-5,7-8,12,17H,3,6,13H2,1-2H3. The van der Waals surface area contributed by atoms with Gasteiger partial charge in [-0.3, -0.25) is 10.5 Å². The van der Waals surface area contributed by atoms with Crippen molar-refractivity contribution in [3.8, 4) is 0 Å². The van der Waals surface area contributed by atoms with Gasteiger partial charge in [0.2, 0.25) is 0 Å². The largest absolute Gasteiger partial charge is 0.272 e. The fourth-order valence-electron chi connectivity index (χ4n) is 1.87. The first-order valence-corrected chi connectivity index (χ1v) is 6.02. The lowest BCUT2D eigenvalue weighted by Crippen LogP contribution is -2.29. The summed E-state index contributed by atoms with van der Waals surface area (Å²) in [6, 6.07) is 1.70. The van der Waals surface area contributed by atoms with Gasteiger partial charge in [0.1, 0.15) is 5.82 Å². The molecule has 2 rings (SSSR count). The van der Waals surface area contributed by atoms with Crippen LogP contribution in [0.1, 0.15) is 36.5 Å². The summed E-state index contributed by atoms with van der Waals surface area (Å²) in [6.45, 7) is 4.88. The molecule has 0 saturated carbocycles. The first-order chi connectivity index (χ1) is 8.74. The van der Waals surface area contributed by atoms with E-state index in [4.69, 9.17) is 5.84 Å². The summed E-state index contributed by atoms with van der Waals surface area (Å²) in [7, 11) is 0. The van der Waals surface area contributed by atoms with Gasteiger partial charge in [-0.05, 0) is 19.4 Å². The van der Waals surface area contributed by atoms with E-state index in [9.17, 15) is 0 Å². The van der Waals surface area contributed by atoms with E-state index in [1.807, 2.05) is 30.1 Å². The van der Waals surface area contributed by atoms with E-state index in [1.165, 1.54) is 0 Å². The Balaban J connectivity index is 2.27. The predicted octanol–water partition coefficient (Wildman–Crippen LogP) is 0.944. The van der Waals surface area contributed by atoms with Crippen molar-refractivity contribution in [3.63, 3.8) is 0 Å². The SMILES string of the molecule is CCCn1cc(C(NN)c2ccnc(C)n2)cn1. The molecule has 6 nitrogen and oxygen atoms in total. The Bertz CT molecular complexity index is 507. The van der Waals surface area contributed by atoms with Crippen LogP contribution in [-0.2, 0) is 6.54 Å². The average Bonchev–Trinajstić information content (AvgIpc) is 2.79. The van der Waals surface area contributed by atoms with Gasteiger partial charge in [-0.25, -0.2) is 15.4 Å². The van der Waals surface area contributed by atoms with Crippen LogP contribution in [-0.4, -0.2) is 19.7 Å². The van der Waals surface area contributed by atoms with Crippen LogP contribution in [0.3, 0.4) is 0 Å². The second kappa shape index (κ2) is 5.70. The molecule has 0 radical (unpaired) electrons. The number of aromatic nitrogens is 4. The highest BCUT2D eigenvalue weighted by molar-refractivity contribution is 5.22. The molecule has 0 saturated heterocycles. The van der Waals surface area contributed by atoms with E-state index in [1.54, 1.807) is 6.20 Å². The summed E-state index contributed by atoms with van der Waals surface area (Å²) in [5.41, 5.74) is 4.63. The number of rotatable bonds is 5. The summed E-state index contributed by atoms with van der Waals surface area (Å²) in [4.78, 5) is 8.47. The zero-order chi connectivity index (χ0) is 13.0. The van der Waals surface area contributed by atoms with Crippen LogP contribution in [0.25, 0.3) is 0 Å². The van der Waals surface area contributed by atoms with Crippen molar-refractivity contribution in [2.45, 2.75) is 32.9 Å². The monoisotopic (exact) mass is 246 g/mol. The van der Waals surface area contributed by atoms with Crippen LogP contribution >= 0.6 is 0 Å². The van der Waals surface area contributed by atoms with E-state index >= 15 is 0 Å². The zero-order valence-corrected chi connectivity index (χ0v) is 10.7. The highest BCUT2D eigenvalue weighted by Crippen LogP contribution is 2.18. The van der Waals surface area contributed by atoms with E-state index in [-0.39, 0.29) is 6.04 Å². The fourth-order valence-corrected chi connectivity index (χ4v) is 1.87. The maximum atomic E-state index is 5.62. The molecule has 0 amide bonds. The van der Waals surface area contributed by atoms with Crippen LogP contribution in [0, 0.1) is 6.92 Å². The molecule has 6 heteroatoms. The van der Waals surface area contributed by atoms with Gasteiger partial charge >= 0.3 is 0 Å². The molecule has 0 fully saturated rings. The molecule has 0 spiro atoms. The molecule has 3 N–H and O–H groups in total. The molecule has 1 unspecified atom stereocenters. The Morgan fingerprint density at radius 2 is 2.33 bits per heavy atom. The fraction of sp³-hybridized carbons (Fsp3) is 0.417. The lowest BCUT2D eigenvalue weighted by Gasteiger charge is -2.13. The Hall–Kier alpha value is -1.79. The average molecular weight is 246 g/mol. The van der Waals surface area contributed by atoms with Crippen LogP contribution in [0.15, 0.2) is 24.7 Å². The molecule has 96 valence electrons. The Labute approximate surface area is 106 Å². The highest BCUT2D eigenvalue weighted by Gasteiger charge is 2.16. The van der Waals surface area contributed by atoms with Crippen molar-refractivity contribution < 1.29 is 0 Å². The van der Waals surface area contributed by atoms with Gasteiger partial charge in [-0.2, -0.15) is 5.10 Å². The third kappa shape index (κ3) is 2.72. The molecule has 1 atom stereocenters. The third-order valence-electron chi connectivity index (χ3n) is 2.70. The van der Waals surface area contributed by atoms with Crippen LogP contribution < -0.4 is 11.3 Å². The lowest BCUT2D eigenvalue weighted by molar-refractivity contribution is 0.594. The number of nitrogens with zero attached hydrogens (tertiary/aromatic N) is 4. The summed E-state index contributed by atoms with van der Waals surface area (Å²) in [6.07, 6.45) is 6.59. The molecular formula is C12H18N6. The molecule has 0 aliphatic carbocycles. The number of hydrazine groups is 1. The molecule has 0 aliphatic heterocycles. The van der Waals surface area contributed by atoms with Gasteiger partial charge in [-0.1, -0.05) is 6.92 Å². The van der Waals surface area contributed by atoms with Gasteiger partial charge in [0.25, 0.3) is 0 Å². The summed E-state index contributed by atoms with van der Waals surface area (Å²) in [5, 5.41) is 4.30. The Morgan fingerprint density at radius 3 is 3.00 bits per heavy atom. The number of hydrogen-bond donors (Lipinski definition) is 2. The smallest absolute Gasteiger partial charge is 0.125 e. The molecule has 0 bridgehead atoms. The number of nitrogens with two attached hydrogens (primary N) is 1. The molecular weight excluding hydrogens is 228 g/mol. The van der Waals surface area contributed by atoms with Gasteiger partial charge < -0.3 is 0 Å². The second-order valence-electron chi connectivity index (χ2n) is 4.17. The quantitative estimate of drug-likeness (QED) is 0.606. The summed E-state index contributed by atoms with van der Waals surface area (Å²) < 4.78 is 1.91. The van der Waals surface area contributed by atoms with Gasteiger partial charge in [0.05, 0.1) is 17.9 Å². The molecule has 2 aromatic rings. The Kier molecular flexibility index (Phi) is 4.01. The molecule has 0 aromatic carbocycles. The van der Waals surface area contributed by atoms with Gasteiger partial charge in [0, 0.05) is 24.5 Å². The van der Waals surface area contributed by atoms with Crippen molar-refractivity contribution in [3.05, 3.63) is 41.7 Å². The maximum Gasteiger partial charge on any atom is 0.125 e. The van der Waals surface area contributed by atoms with E-state index < -0.39 is 0 Å². The molecule has 0 aliphatic rings. The molecule has 2 aromatic heterocycles. The zero-order valence-electron chi connectivity index (χ0n) is 10.7. The first kappa shape index (κ1) is 12.7.